The second-order valence-electron chi connectivity index (χ2n) is 5.83. The van der Waals surface area contributed by atoms with Crippen LogP contribution in [-0.2, 0) is 0 Å². The standard InChI is InChI=1S/C11H22N2O/c1-10(2,3)12-9(14)13-11(4,5)8-6-7-8/h8H,6-7H2,1-5H3,(H2,12,13,14). The second kappa shape index (κ2) is 3.44. The molecule has 0 atom stereocenters. The summed E-state index contributed by atoms with van der Waals surface area (Å²) >= 11 is 0. The van der Waals surface area contributed by atoms with Crippen molar-refractivity contribution in [2.75, 3.05) is 0 Å². The summed E-state index contributed by atoms with van der Waals surface area (Å²) in [4.78, 5) is 11.6. The van der Waals surface area contributed by atoms with E-state index in [-0.39, 0.29) is 17.1 Å². The Kier molecular flexibility index (Phi) is 2.79. The van der Waals surface area contributed by atoms with Crippen LogP contribution in [0.4, 0.5) is 4.79 Å². The average Bonchev–Trinajstić information content (AvgIpc) is 2.57. The van der Waals surface area contributed by atoms with Crippen LogP contribution in [-0.4, -0.2) is 17.1 Å². The van der Waals surface area contributed by atoms with Gasteiger partial charge in [0, 0.05) is 11.1 Å². The molecule has 82 valence electrons. The lowest BCUT2D eigenvalue weighted by atomic mass is 9.99. The summed E-state index contributed by atoms with van der Waals surface area (Å²) in [7, 11) is 0. The fourth-order valence-electron chi connectivity index (χ4n) is 1.57. The van der Waals surface area contributed by atoms with E-state index in [1.54, 1.807) is 0 Å². The lowest BCUT2D eigenvalue weighted by molar-refractivity contribution is 0.217. The zero-order valence-corrected chi connectivity index (χ0v) is 9.90. The van der Waals surface area contributed by atoms with Crippen LogP contribution >= 0.6 is 0 Å². The van der Waals surface area contributed by atoms with Gasteiger partial charge in [-0.2, -0.15) is 0 Å². The van der Waals surface area contributed by atoms with Gasteiger partial charge in [-0.15, -0.1) is 0 Å². The predicted molar refractivity (Wildman–Crippen MR) is 58.2 cm³/mol. The largest absolute Gasteiger partial charge is 0.334 e. The van der Waals surface area contributed by atoms with Gasteiger partial charge in [-0.05, 0) is 53.4 Å². The SMILES string of the molecule is CC(C)(C)NC(=O)NC(C)(C)C1CC1. The van der Waals surface area contributed by atoms with Crippen molar-refractivity contribution in [2.24, 2.45) is 5.92 Å². The second-order valence-corrected chi connectivity index (χ2v) is 5.83. The van der Waals surface area contributed by atoms with Crippen LogP contribution in [0.2, 0.25) is 0 Å². The summed E-state index contributed by atoms with van der Waals surface area (Å²) in [5.41, 5.74) is -0.223. The third-order valence-electron chi connectivity index (χ3n) is 2.52. The van der Waals surface area contributed by atoms with Crippen molar-refractivity contribution < 1.29 is 4.79 Å². The number of carbonyl (C=O) groups excluding carboxylic acids is 1. The van der Waals surface area contributed by atoms with Crippen LogP contribution in [0.15, 0.2) is 0 Å². The van der Waals surface area contributed by atoms with Crippen molar-refractivity contribution in [3.63, 3.8) is 0 Å². The lowest BCUT2D eigenvalue weighted by Crippen LogP contribution is -2.54. The molecule has 2 amide bonds. The van der Waals surface area contributed by atoms with Crippen LogP contribution in [0, 0.1) is 5.92 Å². The zero-order valence-electron chi connectivity index (χ0n) is 9.90. The highest BCUT2D eigenvalue weighted by Gasteiger charge is 2.39. The minimum absolute atomic E-state index is 0.0602. The maximum absolute atomic E-state index is 11.6. The van der Waals surface area contributed by atoms with E-state index in [0.29, 0.717) is 5.92 Å². The molecule has 0 aromatic rings. The van der Waals surface area contributed by atoms with Gasteiger partial charge in [-0.25, -0.2) is 4.79 Å². The molecule has 0 heterocycles. The van der Waals surface area contributed by atoms with E-state index < -0.39 is 0 Å². The maximum Gasteiger partial charge on any atom is 0.315 e. The van der Waals surface area contributed by atoms with Gasteiger partial charge in [-0.1, -0.05) is 0 Å². The first-order chi connectivity index (χ1) is 6.21. The minimum Gasteiger partial charge on any atom is -0.334 e. The molecule has 0 spiro atoms. The van der Waals surface area contributed by atoms with Gasteiger partial charge < -0.3 is 10.6 Å². The molecular formula is C11H22N2O. The van der Waals surface area contributed by atoms with Gasteiger partial charge in [0.1, 0.15) is 0 Å². The molecule has 3 nitrogen and oxygen atoms in total. The van der Waals surface area contributed by atoms with Crippen LogP contribution in [0.5, 0.6) is 0 Å². The van der Waals surface area contributed by atoms with E-state index in [1.807, 2.05) is 20.8 Å². The molecule has 0 aromatic carbocycles. The Morgan fingerprint density at radius 2 is 1.57 bits per heavy atom. The van der Waals surface area contributed by atoms with E-state index in [0.717, 1.165) is 0 Å². The quantitative estimate of drug-likeness (QED) is 0.702. The lowest BCUT2D eigenvalue weighted by Gasteiger charge is -2.29. The Balaban J connectivity index is 2.40. The fraction of sp³-hybridized carbons (Fsp3) is 0.909. The van der Waals surface area contributed by atoms with Gasteiger partial charge in [0.05, 0.1) is 0 Å². The fourth-order valence-corrected chi connectivity index (χ4v) is 1.57. The van der Waals surface area contributed by atoms with Gasteiger partial charge in [0.15, 0.2) is 0 Å². The highest BCUT2D eigenvalue weighted by atomic mass is 16.2. The maximum atomic E-state index is 11.6. The summed E-state index contributed by atoms with van der Waals surface area (Å²) in [5.74, 6) is 0.660. The van der Waals surface area contributed by atoms with Crippen LogP contribution in [0.1, 0.15) is 47.5 Å². The molecule has 0 unspecified atom stereocenters. The number of urea groups is 1. The molecule has 2 N–H and O–H groups in total. The number of amides is 2. The Morgan fingerprint density at radius 3 is 1.93 bits per heavy atom. The average molecular weight is 198 g/mol. The van der Waals surface area contributed by atoms with Crippen molar-refractivity contribution in [2.45, 2.75) is 58.5 Å². The molecule has 1 aliphatic carbocycles. The summed E-state index contributed by atoms with van der Waals surface area (Å²) in [6, 6.07) is -0.0607. The van der Waals surface area contributed by atoms with Gasteiger partial charge in [0.25, 0.3) is 0 Å². The highest BCUT2D eigenvalue weighted by molar-refractivity contribution is 5.75. The first-order valence-corrected chi connectivity index (χ1v) is 5.31. The monoisotopic (exact) mass is 198 g/mol. The van der Waals surface area contributed by atoms with Crippen LogP contribution in [0.3, 0.4) is 0 Å². The zero-order chi connectivity index (χ0) is 11.0. The number of nitrogens with one attached hydrogen (secondary N) is 2. The molecule has 1 rings (SSSR count). The highest BCUT2D eigenvalue weighted by Crippen LogP contribution is 2.39. The molecule has 0 radical (unpaired) electrons. The molecule has 3 heteroatoms. The number of carbonyl (C=O) groups is 1. The van der Waals surface area contributed by atoms with Gasteiger partial charge >= 0.3 is 6.03 Å². The molecular weight excluding hydrogens is 176 g/mol. The van der Waals surface area contributed by atoms with E-state index in [2.05, 4.69) is 24.5 Å². The normalized spacial score (nSPS) is 17.8. The van der Waals surface area contributed by atoms with Crippen molar-refractivity contribution >= 4 is 6.03 Å². The Labute approximate surface area is 86.6 Å². The number of hydrogen-bond acceptors (Lipinski definition) is 1. The van der Waals surface area contributed by atoms with Crippen LogP contribution in [0.25, 0.3) is 0 Å². The first-order valence-electron chi connectivity index (χ1n) is 5.31. The molecule has 0 aliphatic heterocycles. The molecule has 1 saturated carbocycles. The number of rotatable bonds is 2. The smallest absolute Gasteiger partial charge is 0.315 e. The molecule has 0 bridgehead atoms. The van der Waals surface area contributed by atoms with Gasteiger partial charge in [-0.3, -0.25) is 0 Å². The molecule has 1 aliphatic rings. The predicted octanol–water partition coefficient (Wildman–Crippen LogP) is 2.27. The van der Waals surface area contributed by atoms with Gasteiger partial charge in [0.2, 0.25) is 0 Å². The minimum atomic E-state index is -0.163. The first kappa shape index (κ1) is 11.3. The summed E-state index contributed by atoms with van der Waals surface area (Å²) in [6.07, 6.45) is 2.48. The molecule has 1 fully saturated rings. The van der Waals surface area contributed by atoms with Crippen molar-refractivity contribution in [1.82, 2.24) is 10.6 Å². The van der Waals surface area contributed by atoms with Crippen molar-refractivity contribution in [1.29, 1.82) is 0 Å². The number of hydrogen-bond donors (Lipinski definition) is 2. The van der Waals surface area contributed by atoms with Crippen LogP contribution < -0.4 is 10.6 Å². The summed E-state index contributed by atoms with van der Waals surface area (Å²) < 4.78 is 0. The third kappa shape index (κ3) is 3.56. The molecule has 0 aromatic heterocycles. The Hall–Kier alpha value is -0.730. The van der Waals surface area contributed by atoms with Crippen molar-refractivity contribution in [3.05, 3.63) is 0 Å². The Bertz CT molecular complexity index is 224. The summed E-state index contributed by atoms with van der Waals surface area (Å²) in [6.45, 7) is 10.1. The molecule has 14 heavy (non-hydrogen) atoms. The van der Waals surface area contributed by atoms with E-state index in [1.165, 1.54) is 12.8 Å². The third-order valence-corrected chi connectivity index (χ3v) is 2.52. The van der Waals surface area contributed by atoms with E-state index in [9.17, 15) is 4.79 Å². The molecule has 0 saturated heterocycles. The summed E-state index contributed by atoms with van der Waals surface area (Å²) in [5, 5.41) is 5.93. The van der Waals surface area contributed by atoms with Crippen molar-refractivity contribution in [3.8, 4) is 0 Å². The van der Waals surface area contributed by atoms with E-state index in [4.69, 9.17) is 0 Å². The topological polar surface area (TPSA) is 41.1 Å². The van der Waals surface area contributed by atoms with E-state index >= 15 is 0 Å². The Morgan fingerprint density at radius 1 is 1.07 bits per heavy atom.